The molecule has 138 valence electrons. The second-order valence-corrected chi connectivity index (χ2v) is 6.41. The first-order chi connectivity index (χ1) is 13.8. The molecule has 0 amide bonds. The van der Waals surface area contributed by atoms with Crippen molar-refractivity contribution in [2.45, 2.75) is 6.54 Å². The van der Waals surface area contributed by atoms with Crippen molar-refractivity contribution in [2.75, 3.05) is 17.3 Å². The van der Waals surface area contributed by atoms with E-state index in [9.17, 15) is 0 Å². The topological polar surface area (TPSA) is 53.9 Å². The molecule has 0 unspecified atom stereocenters. The van der Waals surface area contributed by atoms with Gasteiger partial charge in [-0.05, 0) is 23.8 Å². The lowest BCUT2D eigenvalue weighted by molar-refractivity contribution is 1.02. The first-order valence-corrected chi connectivity index (χ1v) is 9.16. The molecule has 1 N–H and O–H groups in total. The molecule has 0 aliphatic heterocycles. The minimum atomic E-state index is 0.586. The smallest absolute Gasteiger partial charge is 0.225 e. The van der Waals surface area contributed by atoms with Crippen molar-refractivity contribution < 1.29 is 0 Å². The van der Waals surface area contributed by atoms with Crippen molar-refractivity contribution in [1.82, 2.24) is 15.0 Å². The molecule has 0 aliphatic rings. The van der Waals surface area contributed by atoms with Gasteiger partial charge in [-0.15, -0.1) is 0 Å². The first-order valence-electron chi connectivity index (χ1n) is 9.16. The number of anilines is 3. The molecule has 0 radical (unpaired) electrons. The van der Waals surface area contributed by atoms with E-state index in [0.717, 1.165) is 28.3 Å². The molecule has 0 atom stereocenters. The van der Waals surface area contributed by atoms with Crippen molar-refractivity contribution in [3.8, 4) is 11.3 Å². The van der Waals surface area contributed by atoms with Gasteiger partial charge >= 0.3 is 0 Å². The van der Waals surface area contributed by atoms with E-state index in [-0.39, 0.29) is 0 Å². The molecule has 0 bridgehead atoms. The normalized spacial score (nSPS) is 10.5. The van der Waals surface area contributed by atoms with Crippen LogP contribution in [0.2, 0.25) is 0 Å². The van der Waals surface area contributed by atoms with E-state index in [1.807, 2.05) is 67.8 Å². The van der Waals surface area contributed by atoms with Crippen molar-refractivity contribution >= 4 is 17.5 Å². The summed E-state index contributed by atoms with van der Waals surface area (Å²) in [6.07, 6.45) is 3.61. The molecule has 0 spiro atoms. The molecule has 5 heteroatoms. The van der Waals surface area contributed by atoms with E-state index in [1.54, 1.807) is 6.20 Å². The highest BCUT2D eigenvalue weighted by molar-refractivity contribution is 5.68. The molecule has 28 heavy (non-hydrogen) atoms. The first kappa shape index (κ1) is 17.7. The highest BCUT2D eigenvalue weighted by Gasteiger charge is 2.11. The quantitative estimate of drug-likeness (QED) is 0.524. The zero-order valence-electron chi connectivity index (χ0n) is 15.7. The second-order valence-electron chi connectivity index (χ2n) is 6.41. The fourth-order valence-electron chi connectivity index (χ4n) is 2.91. The van der Waals surface area contributed by atoms with Gasteiger partial charge in [0, 0.05) is 43.3 Å². The number of nitrogens with one attached hydrogen (secondary N) is 1. The Bertz CT molecular complexity index is 1020. The predicted octanol–water partition coefficient (Wildman–Crippen LogP) is 4.92. The Hall–Kier alpha value is -3.73. The molecule has 0 saturated heterocycles. The van der Waals surface area contributed by atoms with Gasteiger partial charge in [0.15, 0.2) is 0 Å². The maximum absolute atomic E-state index is 4.73. The molecule has 4 rings (SSSR count). The third-order valence-corrected chi connectivity index (χ3v) is 4.44. The Morgan fingerprint density at radius 2 is 1.61 bits per heavy atom. The average molecular weight is 367 g/mol. The molecular formula is C23H21N5. The summed E-state index contributed by atoms with van der Waals surface area (Å²) < 4.78 is 0. The third-order valence-electron chi connectivity index (χ3n) is 4.44. The van der Waals surface area contributed by atoms with Crippen LogP contribution in [0.3, 0.4) is 0 Å². The van der Waals surface area contributed by atoms with E-state index in [0.29, 0.717) is 12.5 Å². The molecule has 4 aromatic rings. The Balaban J connectivity index is 1.69. The zero-order chi connectivity index (χ0) is 19.2. The Labute approximate surface area is 164 Å². The van der Waals surface area contributed by atoms with Gasteiger partial charge in [0.1, 0.15) is 5.82 Å². The second kappa shape index (κ2) is 8.31. The molecular weight excluding hydrogens is 346 g/mol. The Morgan fingerprint density at radius 1 is 0.857 bits per heavy atom. The van der Waals surface area contributed by atoms with Crippen molar-refractivity contribution in [2.24, 2.45) is 0 Å². The SMILES string of the molecule is CN(c1ccccc1)c1cc(-c2ccccc2)nc(NCc2cccnc2)n1. The van der Waals surface area contributed by atoms with E-state index in [2.05, 4.69) is 39.5 Å². The van der Waals surface area contributed by atoms with E-state index in [4.69, 9.17) is 9.97 Å². The number of hydrogen-bond acceptors (Lipinski definition) is 5. The summed E-state index contributed by atoms with van der Waals surface area (Å²) in [4.78, 5) is 15.7. The largest absolute Gasteiger partial charge is 0.350 e. The van der Waals surface area contributed by atoms with Crippen LogP contribution in [-0.4, -0.2) is 22.0 Å². The summed E-state index contributed by atoms with van der Waals surface area (Å²) in [7, 11) is 2.01. The van der Waals surface area contributed by atoms with Crippen LogP contribution in [0, 0.1) is 0 Å². The number of pyridine rings is 1. The van der Waals surface area contributed by atoms with Gasteiger partial charge in [0.2, 0.25) is 5.95 Å². The molecule has 5 nitrogen and oxygen atoms in total. The summed E-state index contributed by atoms with van der Waals surface area (Å²) in [5.74, 6) is 1.41. The van der Waals surface area contributed by atoms with Crippen LogP contribution in [0.4, 0.5) is 17.5 Å². The number of rotatable bonds is 6. The van der Waals surface area contributed by atoms with Crippen LogP contribution in [0.15, 0.2) is 91.3 Å². The van der Waals surface area contributed by atoms with E-state index < -0.39 is 0 Å². The predicted molar refractivity (Wildman–Crippen MR) is 114 cm³/mol. The van der Waals surface area contributed by atoms with E-state index in [1.165, 1.54) is 0 Å². The van der Waals surface area contributed by atoms with Gasteiger partial charge in [-0.3, -0.25) is 4.98 Å². The number of hydrogen-bond donors (Lipinski definition) is 1. The van der Waals surface area contributed by atoms with Crippen molar-refractivity contribution in [3.63, 3.8) is 0 Å². The fraction of sp³-hybridized carbons (Fsp3) is 0.0870. The average Bonchev–Trinajstić information content (AvgIpc) is 2.79. The van der Waals surface area contributed by atoms with Gasteiger partial charge in [-0.2, -0.15) is 4.98 Å². The zero-order valence-corrected chi connectivity index (χ0v) is 15.7. The molecule has 2 aromatic heterocycles. The minimum absolute atomic E-state index is 0.586. The summed E-state index contributed by atoms with van der Waals surface area (Å²) in [5.41, 5.74) is 4.08. The van der Waals surface area contributed by atoms with Crippen LogP contribution < -0.4 is 10.2 Å². The monoisotopic (exact) mass is 367 g/mol. The van der Waals surface area contributed by atoms with Gasteiger partial charge < -0.3 is 10.2 Å². The summed E-state index contributed by atoms with van der Waals surface area (Å²) in [6, 6.07) is 26.3. The van der Waals surface area contributed by atoms with Crippen LogP contribution in [0.5, 0.6) is 0 Å². The van der Waals surface area contributed by atoms with E-state index >= 15 is 0 Å². The third kappa shape index (κ3) is 4.15. The highest BCUT2D eigenvalue weighted by atomic mass is 15.2. The molecule has 0 saturated carbocycles. The van der Waals surface area contributed by atoms with Gasteiger partial charge in [-0.25, -0.2) is 4.98 Å². The van der Waals surface area contributed by atoms with Gasteiger partial charge in [0.05, 0.1) is 5.69 Å². The number of aromatic nitrogens is 3. The summed E-state index contributed by atoms with van der Waals surface area (Å²) in [5, 5.41) is 3.33. The lowest BCUT2D eigenvalue weighted by Gasteiger charge is -2.20. The highest BCUT2D eigenvalue weighted by Crippen LogP contribution is 2.27. The maximum atomic E-state index is 4.73. The Kier molecular flexibility index (Phi) is 5.24. The number of nitrogens with zero attached hydrogens (tertiary/aromatic N) is 4. The molecule has 0 fully saturated rings. The van der Waals surface area contributed by atoms with Gasteiger partial charge in [0.25, 0.3) is 0 Å². The molecule has 2 heterocycles. The van der Waals surface area contributed by atoms with Crippen LogP contribution in [0.1, 0.15) is 5.56 Å². The standard InChI is InChI=1S/C23H21N5/c1-28(20-12-6-3-7-13-20)22-15-21(19-10-4-2-5-11-19)26-23(27-22)25-17-18-9-8-14-24-16-18/h2-16H,17H2,1H3,(H,25,26,27). The fourth-order valence-corrected chi connectivity index (χ4v) is 2.91. The van der Waals surface area contributed by atoms with Crippen LogP contribution in [-0.2, 0) is 6.54 Å². The van der Waals surface area contributed by atoms with Crippen LogP contribution in [0.25, 0.3) is 11.3 Å². The van der Waals surface area contributed by atoms with Crippen molar-refractivity contribution in [3.05, 3.63) is 96.8 Å². The minimum Gasteiger partial charge on any atom is -0.350 e. The van der Waals surface area contributed by atoms with Crippen molar-refractivity contribution in [1.29, 1.82) is 0 Å². The Morgan fingerprint density at radius 3 is 2.32 bits per heavy atom. The number of para-hydroxylation sites is 1. The molecule has 2 aromatic carbocycles. The summed E-state index contributed by atoms with van der Waals surface area (Å²) in [6.45, 7) is 0.612. The molecule has 0 aliphatic carbocycles. The van der Waals surface area contributed by atoms with Gasteiger partial charge in [-0.1, -0.05) is 54.6 Å². The summed E-state index contributed by atoms with van der Waals surface area (Å²) >= 11 is 0. The lowest BCUT2D eigenvalue weighted by Crippen LogP contribution is -2.13. The maximum Gasteiger partial charge on any atom is 0.225 e. The number of benzene rings is 2. The van der Waals surface area contributed by atoms with Crippen LogP contribution >= 0.6 is 0 Å². The lowest BCUT2D eigenvalue weighted by atomic mass is 10.1.